The van der Waals surface area contributed by atoms with E-state index in [2.05, 4.69) is 21.6 Å². The lowest BCUT2D eigenvalue weighted by Gasteiger charge is -2.27. The molecule has 0 spiro atoms. The van der Waals surface area contributed by atoms with Crippen molar-refractivity contribution in [2.75, 3.05) is 7.05 Å². The first-order valence-corrected chi connectivity index (χ1v) is 10.3. The molecule has 1 aliphatic heterocycles. The number of nitrogens with two attached hydrogens (primary N) is 1. The van der Waals surface area contributed by atoms with Gasteiger partial charge in [0.15, 0.2) is 11.5 Å². The molecule has 0 aromatic heterocycles. The summed E-state index contributed by atoms with van der Waals surface area (Å²) in [5.41, 5.74) is 5.85. The van der Waals surface area contributed by atoms with Gasteiger partial charge in [-0.1, -0.05) is 30.9 Å². The first kappa shape index (κ1) is 21.8. The molecule has 166 valence electrons. The summed E-state index contributed by atoms with van der Waals surface area (Å²) >= 11 is 0. The van der Waals surface area contributed by atoms with Crippen LogP contribution in [0, 0.1) is 23.6 Å². The van der Waals surface area contributed by atoms with Crippen LogP contribution in [-0.2, 0) is 16.8 Å². The zero-order chi connectivity index (χ0) is 23.0. The number of hydrogen-bond acceptors (Lipinski definition) is 4. The Bertz CT molecular complexity index is 1160. The highest BCUT2D eigenvalue weighted by molar-refractivity contribution is 6.09. The number of amides is 1. The Hall–Kier alpha value is -3.47. The molecule has 2 aromatic rings. The van der Waals surface area contributed by atoms with E-state index in [1.807, 2.05) is 0 Å². The number of likely N-dealkylation sites (N-methyl/N-ethyl adjacent to an activating group) is 1. The van der Waals surface area contributed by atoms with E-state index in [0.29, 0.717) is 23.1 Å². The minimum atomic E-state index is -2.97. The van der Waals surface area contributed by atoms with Gasteiger partial charge < -0.3 is 10.5 Å². The largest absolute Gasteiger partial charge is 0.435 e. The van der Waals surface area contributed by atoms with Gasteiger partial charge in [-0.25, -0.2) is 9.38 Å². The van der Waals surface area contributed by atoms with Crippen molar-refractivity contribution in [2.24, 2.45) is 16.6 Å². The van der Waals surface area contributed by atoms with Gasteiger partial charge >= 0.3 is 6.61 Å². The van der Waals surface area contributed by atoms with Gasteiger partial charge in [0.2, 0.25) is 0 Å². The van der Waals surface area contributed by atoms with Gasteiger partial charge in [-0.05, 0) is 60.2 Å². The molecular weight excluding hydrogens is 419 g/mol. The summed E-state index contributed by atoms with van der Waals surface area (Å²) in [4.78, 5) is 19.1. The van der Waals surface area contributed by atoms with E-state index in [1.54, 1.807) is 13.0 Å². The minimum Gasteiger partial charge on any atom is -0.435 e. The Morgan fingerprint density at radius 3 is 2.53 bits per heavy atom. The fourth-order valence-electron chi connectivity index (χ4n) is 3.73. The Morgan fingerprint density at radius 1 is 1.25 bits per heavy atom. The van der Waals surface area contributed by atoms with E-state index in [-0.39, 0.29) is 23.2 Å². The maximum atomic E-state index is 14.5. The number of guanidine groups is 1. The molecule has 2 aromatic carbocycles. The highest BCUT2D eigenvalue weighted by Gasteiger charge is 2.50. The first-order chi connectivity index (χ1) is 15.3. The molecule has 2 N–H and O–H groups in total. The van der Waals surface area contributed by atoms with Gasteiger partial charge in [-0.15, -0.1) is 0 Å². The molecule has 0 bridgehead atoms. The highest BCUT2D eigenvalue weighted by Crippen LogP contribution is 2.41. The zero-order valence-corrected chi connectivity index (χ0v) is 17.7. The molecule has 32 heavy (non-hydrogen) atoms. The molecule has 5 nitrogen and oxygen atoms in total. The van der Waals surface area contributed by atoms with E-state index in [0.717, 1.165) is 12.8 Å². The summed E-state index contributed by atoms with van der Waals surface area (Å²) in [7, 11) is 1.50. The summed E-state index contributed by atoms with van der Waals surface area (Å²) in [6.07, 6.45) is 2.38. The normalized spacial score (nSPS) is 20.2. The molecule has 0 unspecified atom stereocenters. The summed E-state index contributed by atoms with van der Waals surface area (Å²) < 4.78 is 44.6. The zero-order valence-electron chi connectivity index (χ0n) is 17.7. The van der Waals surface area contributed by atoms with E-state index < -0.39 is 23.9 Å². The molecule has 1 fully saturated rings. The predicted octanol–water partition coefficient (Wildman–Crippen LogP) is 3.78. The SMILES string of the molecule is CCc1cc([C@@]2(c3ccc(F)c(C#CC4CC4)c3)N=C(N)N(C)C2=O)ccc1OC(F)F. The average molecular weight is 441 g/mol. The monoisotopic (exact) mass is 441 g/mol. The molecular formula is C24H22F3N3O2. The van der Waals surface area contributed by atoms with Crippen LogP contribution in [0.2, 0.25) is 0 Å². The Morgan fingerprint density at radius 2 is 1.94 bits per heavy atom. The molecule has 1 atom stereocenters. The quantitative estimate of drug-likeness (QED) is 0.718. The molecule has 1 amide bonds. The van der Waals surface area contributed by atoms with Crippen LogP contribution in [0.1, 0.15) is 42.0 Å². The number of aliphatic imine (C=N–C) groups is 1. The number of nitrogens with zero attached hydrogens (tertiary/aromatic N) is 2. The van der Waals surface area contributed by atoms with Crippen LogP contribution in [0.5, 0.6) is 5.75 Å². The third-order valence-electron chi connectivity index (χ3n) is 5.69. The molecule has 1 saturated carbocycles. The van der Waals surface area contributed by atoms with Crippen LogP contribution in [0.4, 0.5) is 13.2 Å². The van der Waals surface area contributed by atoms with Gasteiger partial charge in [0.25, 0.3) is 5.91 Å². The van der Waals surface area contributed by atoms with E-state index in [1.165, 1.54) is 42.3 Å². The summed E-state index contributed by atoms with van der Waals surface area (Å²) in [5, 5.41) is 0. The van der Waals surface area contributed by atoms with Crippen LogP contribution in [0.3, 0.4) is 0 Å². The molecule has 1 aliphatic carbocycles. The standard InChI is InChI=1S/C24H22F3N3O2/c1-3-15-12-18(9-11-20(15)32-22(26)27)24(21(31)30(2)23(28)29-24)17-8-10-19(25)16(13-17)7-6-14-4-5-14/h8-14,22H,3-5H2,1-2H3,(H2,28,29)/t24-/m1/s1. The number of hydrogen-bond donors (Lipinski definition) is 1. The van der Waals surface area contributed by atoms with Crippen LogP contribution in [0.25, 0.3) is 0 Å². The molecule has 1 heterocycles. The third kappa shape index (κ3) is 3.79. The lowest BCUT2D eigenvalue weighted by molar-refractivity contribution is -0.129. The summed E-state index contributed by atoms with van der Waals surface area (Å²) in [6.45, 7) is -1.19. The van der Waals surface area contributed by atoms with Crippen molar-refractivity contribution >= 4 is 11.9 Å². The number of ether oxygens (including phenoxy) is 1. The summed E-state index contributed by atoms with van der Waals surface area (Å²) in [6, 6.07) is 8.72. The van der Waals surface area contributed by atoms with Crippen LogP contribution in [-0.4, -0.2) is 30.4 Å². The van der Waals surface area contributed by atoms with Crippen LogP contribution in [0.15, 0.2) is 41.4 Å². The van der Waals surface area contributed by atoms with Crippen LogP contribution < -0.4 is 10.5 Å². The number of rotatable bonds is 5. The molecule has 2 aliphatic rings. The van der Waals surface area contributed by atoms with E-state index in [9.17, 15) is 18.0 Å². The van der Waals surface area contributed by atoms with E-state index >= 15 is 0 Å². The van der Waals surface area contributed by atoms with Crippen molar-refractivity contribution in [1.82, 2.24) is 4.90 Å². The van der Waals surface area contributed by atoms with Crippen molar-refractivity contribution < 1.29 is 22.7 Å². The van der Waals surface area contributed by atoms with Gasteiger partial charge in [0.1, 0.15) is 11.6 Å². The Kier molecular flexibility index (Phi) is 5.59. The molecule has 4 rings (SSSR count). The van der Waals surface area contributed by atoms with Crippen molar-refractivity contribution in [3.8, 4) is 17.6 Å². The average Bonchev–Trinajstić information content (AvgIpc) is 3.57. The minimum absolute atomic E-state index is 0.00380. The fourth-order valence-corrected chi connectivity index (χ4v) is 3.73. The summed E-state index contributed by atoms with van der Waals surface area (Å²) in [5.74, 6) is 5.24. The van der Waals surface area contributed by atoms with Gasteiger partial charge in [-0.2, -0.15) is 8.78 Å². The highest BCUT2D eigenvalue weighted by atomic mass is 19.3. The van der Waals surface area contributed by atoms with Crippen molar-refractivity contribution in [2.45, 2.75) is 38.3 Å². The lowest BCUT2D eigenvalue weighted by Crippen LogP contribution is -2.41. The van der Waals surface area contributed by atoms with Crippen molar-refractivity contribution in [3.05, 3.63) is 64.5 Å². The molecule has 0 saturated heterocycles. The number of carbonyl (C=O) groups excluding carboxylic acids is 1. The number of halogens is 3. The first-order valence-electron chi connectivity index (χ1n) is 10.3. The van der Waals surface area contributed by atoms with Gasteiger partial charge in [-0.3, -0.25) is 9.69 Å². The Labute approximate surface area is 184 Å². The number of benzene rings is 2. The second-order valence-corrected chi connectivity index (χ2v) is 7.84. The van der Waals surface area contributed by atoms with E-state index in [4.69, 9.17) is 5.73 Å². The predicted molar refractivity (Wildman–Crippen MR) is 114 cm³/mol. The topological polar surface area (TPSA) is 67.9 Å². The van der Waals surface area contributed by atoms with Crippen LogP contribution >= 0.6 is 0 Å². The Balaban J connectivity index is 1.89. The smallest absolute Gasteiger partial charge is 0.387 e. The second kappa shape index (κ2) is 8.23. The van der Waals surface area contributed by atoms with Gasteiger partial charge in [0.05, 0.1) is 5.56 Å². The number of carbonyl (C=O) groups is 1. The van der Waals surface area contributed by atoms with Crippen molar-refractivity contribution in [1.29, 1.82) is 0 Å². The lowest BCUT2D eigenvalue weighted by atomic mass is 9.81. The molecule has 8 heteroatoms. The van der Waals surface area contributed by atoms with Crippen molar-refractivity contribution in [3.63, 3.8) is 0 Å². The number of aryl methyl sites for hydroxylation is 1. The maximum absolute atomic E-state index is 14.5. The third-order valence-corrected chi connectivity index (χ3v) is 5.69. The fraction of sp³-hybridized carbons (Fsp3) is 0.333. The maximum Gasteiger partial charge on any atom is 0.387 e. The number of alkyl halides is 2. The van der Waals surface area contributed by atoms with Gasteiger partial charge in [0, 0.05) is 13.0 Å². The second-order valence-electron chi connectivity index (χ2n) is 7.84. The molecule has 0 radical (unpaired) electrons.